The molecule has 182 valence electrons. The average molecular weight is 464 g/mol. The molecular formula is C28H37N3O3. The molecule has 0 saturated carbocycles. The second-order valence-corrected chi connectivity index (χ2v) is 10.5. The Morgan fingerprint density at radius 1 is 1.00 bits per heavy atom. The van der Waals surface area contributed by atoms with Gasteiger partial charge >= 0.3 is 0 Å². The molecule has 34 heavy (non-hydrogen) atoms. The number of nitrogens with one attached hydrogen (secondary N) is 1. The number of aliphatic hydroxyl groups is 1. The molecule has 2 aromatic rings. The van der Waals surface area contributed by atoms with Crippen molar-refractivity contribution >= 4 is 17.5 Å². The lowest BCUT2D eigenvalue weighted by Gasteiger charge is -2.24. The van der Waals surface area contributed by atoms with Gasteiger partial charge in [0.15, 0.2) is 0 Å². The van der Waals surface area contributed by atoms with E-state index in [0.29, 0.717) is 18.4 Å². The van der Waals surface area contributed by atoms with Crippen molar-refractivity contribution in [3.8, 4) is 0 Å². The molecule has 2 saturated heterocycles. The van der Waals surface area contributed by atoms with Gasteiger partial charge in [0.25, 0.3) is 11.8 Å². The number of benzene rings is 2. The third-order valence-corrected chi connectivity index (χ3v) is 7.23. The van der Waals surface area contributed by atoms with Gasteiger partial charge < -0.3 is 20.2 Å². The van der Waals surface area contributed by atoms with Gasteiger partial charge in [-0.15, -0.1) is 0 Å². The van der Waals surface area contributed by atoms with Crippen molar-refractivity contribution in [3.63, 3.8) is 0 Å². The smallest absolute Gasteiger partial charge is 0.254 e. The number of hydrogen-bond acceptors (Lipinski definition) is 4. The van der Waals surface area contributed by atoms with E-state index in [2.05, 4.69) is 39.4 Å². The number of fused-ring (bicyclic) bond motifs is 1. The van der Waals surface area contributed by atoms with Crippen molar-refractivity contribution < 1.29 is 14.7 Å². The standard InChI is InChI=1S/C28H37N3O3/c1-19-8-5-9-20(2)25(19)26(32)31-17-22-15-30(16-23(22)18-31)24-12-6-10-21(14-24)11-7-13-29-27(33)28(3,4)34/h5-6,8-10,12,14,22-23,34H,7,11,13,15-18H2,1-4H3,(H,29,33). The number of anilines is 1. The maximum absolute atomic E-state index is 13.2. The van der Waals surface area contributed by atoms with Crippen LogP contribution >= 0.6 is 0 Å². The van der Waals surface area contributed by atoms with Gasteiger partial charge in [0, 0.05) is 55.8 Å². The van der Waals surface area contributed by atoms with E-state index in [0.717, 1.165) is 55.7 Å². The summed E-state index contributed by atoms with van der Waals surface area (Å²) < 4.78 is 0. The minimum Gasteiger partial charge on any atom is -0.381 e. The Hall–Kier alpha value is -2.86. The molecule has 2 atom stereocenters. The maximum Gasteiger partial charge on any atom is 0.254 e. The first-order valence-electron chi connectivity index (χ1n) is 12.3. The molecule has 0 radical (unpaired) electrons. The Morgan fingerprint density at radius 3 is 2.24 bits per heavy atom. The zero-order valence-corrected chi connectivity index (χ0v) is 20.8. The highest BCUT2D eigenvalue weighted by molar-refractivity contribution is 5.97. The zero-order valence-electron chi connectivity index (χ0n) is 20.8. The van der Waals surface area contributed by atoms with E-state index < -0.39 is 5.60 Å². The van der Waals surface area contributed by atoms with Crippen molar-refractivity contribution in [2.24, 2.45) is 11.8 Å². The number of likely N-dealkylation sites (tertiary alicyclic amines) is 1. The average Bonchev–Trinajstić information content (AvgIpc) is 3.35. The largest absolute Gasteiger partial charge is 0.381 e. The number of aryl methyl sites for hydroxylation is 3. The Labute approximate surface area is 203 Å². The normalized spacial score (nSPS) is 19.9. The Morgan fingerprint density at radius 2 is 1.62 bits per heavy atom. The van der Waals surface area contributed by atoms with Crippen LogP contribution in [-0.4, -0.2) is 60.1 Å². The molecule has 0 bridgehead atoms. The van der Waals surface area contributed by atoms with E-state index >= 15 is 0 Å². The van der Waals surface area contributed by atoms with Crippen LogP contribution in [0.3, 0.4) is 0 Å². The van der Waals surface area contributed by atoms with Gasteiger partial charge in [-0.25, -0.2) is 0 Å². The molecule has 6 nitrogen and oxygen atoms in total. The second-order valence-electron chi connectivity index (χ2n) is 10.5. The van der Waals surface area contributed by atoms with Crippen molar-refractivity contribution in [2.45, 2.75) is 46.1 Å². The highest BCUT2D eigenvalue weighted by Gasteiger charge is 2.42. The van der Waals surface area contributed by atoms with Crippen LogP contribution in [0.25, 0.3) is 0 Å². The van der Waals surface area contributed by atoms with Gasteiger partial charge in [-0.3, -0.25) is 9.59 Å². The molecular weight excluding hydrogens is 426 g/mol. The summed E-state index contributed by atoms with van der Waals surface area (Å²) in [5.41, 5.74) is 4.12. The minimum atomic E-state index is -1.34. The van der Waals surface area contributed by atoms with Gasteiger partial charge in [-0.05, 0) is 69.4 Å². The monoisotopic (exact) mass is 463 g/mol. The van der Waals surface area contributed by atoms with Crippen LogP contribution in [-0.2, 0) is 11.2 Å². The van der Waals surface area contributed by atoms with E-state index in [1.165, 1.54) is 25.1 Å². The van der Waals surface area contributed by atoms with Gasteiger partial charge in [0.2, 0.25) is 0 Å². The molecule has 6 heteroatoms. The third-order valence-electron chi connectivity index (χ3n) is 7.23. The molecule has 2 amide bonds. The molecule has 2 aliphatic heterocycles. The molecule has 4 rings (SSSR count). The van der Waals surface area contributed by atoms with Crippen molar-refractivity contribution in [3.05, 3.63) is 64.7 Å². The quantitative estimate of drug-likeness (QED) is 0.618. The number of nitrogens with zero attached hydrogens (tertiary/aromatic N) is 2. The van der Waals surface area contributed by atoms with Crippen molar-refractivity contribution in [2.75, 3.05) is 37.6 Å². The van der Waals surface area contributed by atoms with E-state index in [1.807, 2.05) is 32.0 Å². The van der Waals surface area contributed by atoms with Gasteiger partial charge in [0.1, 0.15) is 5.60 Å². The highest BCUT2D eigenvalue weighted by atomic mass is 16.3. The number of carbonyl (C=O) groups is 2. The van der Waals surface area contributed by atoms with Crippen LogP contribution in [0, 0.1) is 25.7 Å². The van der Waals surface area contributed by atoms with Gasteiger partial charge in [0.05, 0.1) is 0 Å². The van der Waals surface area contributed by atoms with Crippen LogP contribution in [0.2, 0.25) is 0 Å². The van der Waals surface area contributed by atoms with Gasteiger partial charge in [-0.1, -0.05) is 30.3 Å². The first-order valence-corrected chi connectivity index (χ1v) is 12.3. The zero-order chi connectivity index (χ0) is 24.5. The van der Waals surface area contributed by atoms with Crippen LogP contribution < -0.4 is 10.2 Å². The molecule has 2 heterocycles. The molecule has 2 aromatic carbocycles. The number of rotatable bonds is 7. The summed E-state index contributed by atoms with van der Waals surface area (Å²) in [6.45, 7) is 11.2. The van der Waals surface area contributed by atoms with E-state index in [4.69, 9.17) is 0 Å². The Bertz CT molecular complexity index is 1020. The number of amides is 2. The molecule has 0 aliphatic carbocycles. The topological polar surface area (TPSA) is 72.9 Å². The SMILES string of the molecule is Cc1cccc(C)c1C(=O)N1CC2CN(c3cccc(CCCNC(=O)C(C)(C)O)c3)CC2C1. The Kier molecular flexibility index (Phi) is 6.99. The predicted molar refractivity (Wildman–Crippen MR) is 135 cm³/mol. The van der Waals surface area contributed by atoms with Crippen molar-refractivity contribution in [1.29, 1.82) is 0 Å². The Balaban J connectivity index is 1.30. The summed E-state index contributed by atoms with van der Waals surface area (Å²) in [4.78, 5) is 29.5. The summed E-state index contributed by atoms with van der Waals surface area (Å²) in [7, 11) is 0. The maximum atomic E-state index is 13.2. The van der Waals surface area contributed by atoms with Crippen molar-refractivity contribution in [1.82, 2.24) is 10.2 Å². The van der Waals surface area contributed by atoms with Crippen LogP contribution in [0.4, 0.5) is 5.69 Å². The summed E-state index contributed by atoms with van der Waals surface area (Å²) in [6, 6.07) is 14.7. The van der Waals surface area contributed by atoms with E-state index in [9.17, 15) is 14.7 Å². The molecule has 0 spiro atoms. The third kappa shape index (κ3) is 5.27. The summed E-state index contributed by atoms with van der Waals surface area (Å²) in [6.07, 6.45) is 1.70. The molecule has 0 aromatic heterocycles. The lowest BCUT2D eigenvalue weighted by atomic mass is 10.0. The first kappa shape index (κ1) is 24.3. The fraction of sp³-hybridized carbons (Fsp3) is 0.500. The molecule has 2 fully saturated rings. The fourth-order valence-electron chi connectivity index (χ4n) is 5.30. The van der Waals surface area contributed by atoms with Crippen LogP contribution in [0.5, 0.6) is 0 Å². The number of hydrogen-bond donors (Lipinski definition) is 2. The first-order chi connectivity index (χ1) is 16.1. The molecule has 2 aliphatic rings. The van der Waals surface area contributed by atoms with E-state index in [-0.39, 0.29) is 11.8 Å². The molecule has 2 unspecified atom stereocenters. The van der Waals surface area contributed by atoms with Crippen LogP contribution in [0.1, 0.15) is 47.3 Å². The lowest BCUT2D eigenvalue weighted by Crippen LogP contribution is -2.42. The minimum absolute atomic E-state index is 0.176. The number of carbonyl (C=O) groups excluding carboxylic acids is 2. The van der Waals surface area contributed by atoms with Crippen LogP contribution in [0.15, 0.2) is 42.5 Å². The fourth-order valence-corrected chi connectivity index (χ4v) is 5.30. The van der Waals surface area contributed by atoms with E-state index in [1.54, 1.807) is 0 Å². The predicted octanol–water partition coefficient (Wildman–Crippen LogP) is 3.33. The summed E-state index contributed by atoms with van der Waals surface area (Å²) in [5, 5.41) is 12.5. The molecule has 2 N–H and O–H groups in total. The summed E-state index contributed by atoms with van der Waals surface area (Å²) in [5.74, 6) is 0.855. The van der Waals surface area contributed by atoms with Gasteiger partial charge in [-0.2, -0.15) is 0 Å². The second kappa shape index (κ2) is 9.79. The highest BCUT2D eigenvalue weighted by Crippen LogP contribution is 2.35. The lowest BCUT2D eigenvalue weighted by molar-refractivity contribution is -0.136. The summed E-state index contributed by atoms with van der Waals surface area (Å²) >= 11 is 0.